The summed E-state index contributed by atoms with van der Waals surface area (Å²) in [6, 6.07) is 12.4. The van der Waals surface area contributed by atoms with E-state index in [0.29, 0.717) is 11.0 Å². The van der Waals surface area contributed by atoms with Gasteiger partial charge in [0.25, 0.3) is 0 Å². The molecule has 0 aliphatic heterocycles. The number of thioether (sulfide) groups is 1. The maximum Gasteiger partial charge on any atom is 0.234 e. The fourth-order valence-electron chi connectivity index (χ4n) is 3.93. The Bertz CT molecular complexity index is 1300. The Labute approximate surface area is 198 Å². The van der Waals surface area contributed by atoms with Crippen LogP contribution < -0.4 is 5.32 Å². The Kier molecular flexibility index (Phi) is 6.37. The first-order chi connectivity index (χ1) is 15.7. The van der Waals surface area contributed by atoms with Gasteiger partial charge in [-0.05, 0) is 38.8 Å². The zero-order chi connectivity index (χ0) is 23.7. The summed E-state index contributed by atoms with van der Waals surface area (Å²) in [4.78, 5) is 12.6. The maximum absolute atomic E-state index is 12.6. The number of hydrogen-bond donors (Lipinski definition) is 1. The van der Waals surface area contributed by atoms with Gasteiger partial charge in [0.05, 0.1) is 11.3 Å². The third-order valence-electron chi connectivity index (χ3n) is 5.50. The molecule has 1 N–H and O–H groups in total. The second kappa shape index (κ2) is 9.23. The van der Waals surface area contributed by atoms with Crippen molar-refractivity contribution in [2.45, 2.75) is 32.9 Å². The first kappa shape index (κ1) is 22.8. The summed E-state index contributed by atoms with van der Waals surface area (Å²) in [5.41, 5.74) is 8.16. The van der Waals surface area contributed by atoms with Crippen LogP contribution in [0.3, 0.4) is 0 Å². The van der Waals surface area contributed by atoms with Gasteiger partial charge in [0.2, 0.25) is 5.91 Å². The Hall–Kier alpha value is -3.39. The highest BCUT2D eigenvalue weighted by molar-refractivity contribution is 7.99. The van der Waals surface area contributed by atoms with Crippen LogP contribution in [0.15, 0.2) is 47.8 Å². The molecule has 1 amide bonds. The minimum Gasteiger partial charge on any atom is -0.325 e. The van der Waals surface area contributed by atoms with Crippen molar-refractivity contribution in [3.05, 3.63) is 64.8 Å². The van der Waals surface area contributed by atoms with Gasteiger partial charge in [-0.25, -0.2) is 0 Å². The van der Waals surface area contributed by atoms with Gasteiger partial charge in [0, 0.05) is 31.5 Å². The summed E-state index contributed by atoms with van der Waals surface area (Å²) >= 11 is 1.37. The molecule has 2 aromatic carbocycles. The lowest BCUT2D eigenvalue weighted by Crippen LogP contribution is -2.16. The van der Waals surface area contributed by atoms with Crippen LogP contribution in [0.4, 0.5) is 5.69 Å². The van der Waals surface area contributed by atoms with Crippen LogP contribution in [0.1, 0.15) is 22.3 Å². The van der Waals surface area contributed by atoms with Crippen molar-refractivity contribution in [3.63, 3.8) is 0 Å². The lowest BCUT2D eigenvalue weighted by Gasteiger charge is -2.12. The largest absolute Gasteiger partial charge is 0.325 e. The molecule has 0 saturated carbocycles. The van der Waals surface area contributed by atoms with E-state index in [9.17, 15) is 4.79 Å². The second-order valence-electron chi connectivity index (χ2n) is 8.41. The van der Waals surface area contributed by atoms with Crippen molar-refractivity contribution >= 4 is 23.4 Å². The van der Waals surface area contributed by atoms with Gasteiger partial charge in [-0.1, -0.05) is 59.3 Å². The van der Waals surface area contributed by atoms with E-state index >= 15 is 0 Å². The highest BCUT2D eigenvalue weighted by atomic mass is 32.2. The van der Waals surface area contributed by atoms with Crippen LogP contribution in [0.2, 0.25) is 0 Å². The summed E-state index contributed by atoms with van der Waals surface area (Å²) in [5, 5.41) is 17.1. The molecule has 4 rings (SSSR count). The monoisotopic (exact) mass is 460 g/mol. The molecule has 0 radical (unpaired) electrons. The number of nitrogens with zero attached hydrogens (tertiary/aromatic N) is 5. The lowest BCUT2D eigenvalue weighted by molar-refractivity contribution is -0.113. The Morgan fingerprint density at radius 2 is 1.64 bits per heavy atom. The maximum atomic E-state index is 12.6. The van der Waals surface area contributed by atoms with Crippen molar-refractivity contribution < 1.29 is 4.79 Å². The van der Waals surface area contributed by atoms with Crippen molar-refractivity contribution in [1.29, 1.82) is 0 Å². The normalized spacial score (nSPS) is 11.1. The molecule has 0 saturated heterocycles. The smallest absolute Gasteiger partial charge is 0.234 e. The van der Waals surface area contributed by atoms with Crippen LogP contribution in [0.5, 0.6) is 0 Å². The number of rotatable bonds is 6. The van der Waals surface area contributed by atoms with Crippen LogP contribution in [-0.4, -0.2) is 36.2 Å². The molecule has 0 aliphatic rings. The number of nitrogens with one attached hydrogen (secondary N) is 1. The van der Waals surface area contributed by atoms with Crippen molar-refractivity contribution in [1.82, 2.24) is 24.5 Å². The molecule has 4 aromatic rings. The minimum atomic E-state index is -0.0682. The molecule has 33 heavy (non-hydrogen) atoms. The second-order valence-corrected chi connectivity index (χ2v) is 9.35. The van der Waals surface area contributed by atoms with E-state index in [2.05, 4.69) is 70.9 Å². The summed E-state index contributed by atoms with van der Waals surface area (Å²) in [5.74, 6) is 0.893. The van der Waals surface area contributed by atoms with E-state index < -0.39 is 0 Å². The number of carbonyl (C=O) groups is 1. The summed E-state index contributed by atoms with van der Waals surface area (Å²) < 4.78 is 3.70. The van der Waals surface area contributed by atoms with Gasteiger partial charge in [-0.15, -0.1) is 10.2 Å². The number of hydrogen-bond acceptors (Lipinski definition) is 5. The predicted octanol–water partition coefficient (Wildman–Crippen LogP) is 4.85. The van der Waals surface area contributed by atoms with E-state index in [0.717, 1.165) is 33.6 Å². The minimum absolute atomic E-state index is 0.0682. The molecule has 0 aliphatic carbocycles. The predicted molar refractivity (Wildman–Crippen MR) is 133 cm³/mol. The van der Waals surface area contributed by atoms with Gasteiger partial charge in [0.15, 0.2) is 11.0 Å². The molecular weight excluding hydrogens is 432 g/mol. The first-order valence-corrected chi connectivity index (χ1v) is 11.7. The lowest BCUT2D eigenvalue weighted by atomic mass is 10.1. The van der Waals surface area contributed by atoms with Crippen molar-refractivity contribution in [3.8, 4) is 22.6 Å². The standard InChI is InChI=1S/C25H28N6OS/c1-15-7-9-19(10-8-15)23-20(13-30(5)29-23)24-27-28-25(31(24)6)33-14-21(32)26-22-17(3)11-16(2)12-18(22)4/h7-13H,14H2,1-6H3,(H,26,32). The van der Waals surface area contributed by atoms with E-state index in [4.69, 9.17) is 0 Å². The average molecular weight is 461 g/mol. The number of aryl methyl sites for hydroxylation is 5. The summed E-state index contributed by atoms with van der Waals surface area (Å²) in [6.45, 7) is 8.14. The third-order valence-corrected chi connectivity index (χ3v) is 6.52. The number of benzene rings is 2. The van der Waals surface area contributed by atoms with Crippen LogP contribution in [0.25, 0.3) is 22.6 Å². The number of amides is 1. The topological polar surface area (TPSA) is 77.6 Å². The zero-order valence-electron chi connectivity index (χ0n) is 19.8. The van der Waals surface area contributed by atoms with Crippen molar-refractivity contribution in [2.75, 3.05) is 11.1 Å². The van der Waals surface area contributed by atoms with Crippen molar-refractivity contribution in [2.24, 2.45) is 14.1 Å². The Balaban J connectivity index is 1.51. The SMILES string of the molecule is Cc1ccc(-c2nn(C)cc2-c2nnc(SCC(=O)Nc3c(C)cc(C)cc3C)n2C)cc1. The number of aromatic nitrogens is 5. The molecule has 2 heterocycles. The van der Waals surface area contributed by atoms with Crippen LogP contribution in [-0.2, 0) is 18.9 Å². The number of carbonyl (C=O) groups excluding carboxylic acids is 1. The fourth-order valence-corrected chi connectivity index (χ4v) is 4.65. The fraction of sp³-hybridized carbons (Fsp3) is 0.280. The van der Waals surface area contributed by atoms with E-state index in [-0.39, 0.29) is 11.7 Å². The summed E-state index contributed by atoms with van der Waals surface area (Å²) in [7, 11) is 3.81. The Morgan fingerprint density at radius 1 is 0.970 bits per heavy atom. The van der Waals surface area contributed by atoms with Gasteiger partial charge in [-0.2, -0.15) is 5.10 Å². The summed E-state index contributed by atoms with van der Waals surface area (Å²) in [6.07, 6.45) is 1.95. The van der Waals surface area contributed by atoms with Crippen LogP contribution >= 0.6 is 11.8 Å². The van der Waals surface area contributed by atoms with Gasteiger partial charge >= 0.3 is 0 Å². The molecule has 2 aromatic heterocycles. The molecule has 0 fully saturated rings. The highest BCUT2D eigenvalue weighted by Gasteiger charge is 2.19. The third kappa shape index (κ3) is 4.85. The molecule has 170 valence electrons. The molecule has 0 bridgehead atoms. The highest BCUT2D eigenvalue weighted by Crippen LogP contribution is 2.31. The van der Waals surface area contributed by atoms with E-state index in [1.165, 1.54) is 22.9 Å². The quantitative estimate of drug-likeness (QED) is 0.416. The first-order valence-electron chi connectivity index (χ1n) is 10.7. The van der Waals surface area contributed by atoms with Crippen LogP contribution in [0, 0.1) is 27.7 Å². The molecule has 8 heteroatoms. The van der Waals surface area contributed by atoms with Gasteiger partial charge in [0.1, 0.15) is 5.69 Å². The molecule has 0 unspecified atom stereocenters. The van der Waals surface area contributed by atoms with E-state index in [1.807, 2.05) is 38.7 Å². The molecular formula is C25H28N6OS. The van der Waals surface area contributed by atoms with Gasteiger partial charge < -0.3 is 9.88 Å². The molecule has 7 nitrogen and oxygen atoms in total. The number of anilines is 1. The van der Waals surface area contributed by atoms with E-state index in [1.54, 1.807) is 4.68 Å². The average Bonchev–Trinajstić information content (AvgIpc) is 3.31. The Morgan fingerprint density at radius 3 is 2.30 bits per heavy atom. The molecule has 0 spiro atoms. The van der Waals surface area contributed by atoms with Gasteiger partial charge in [-0.3, -0.25) is 9.48 Å². The molecule has 0 atom stereocenters. The zero-order valence-corrected chi connectivity index (χ0v) is 20.6.